The van der Waals surface area contributed by atoms with E-state index in [1.807, 2.05) is 31.2 Å². The van der Waals surface area contributed by atoms with Gasteiger partial charge in [-0.25, -0.2) is 14.2 Å². The lowest BCUT2D eigenvalue weighted by molar-refractivity contribution is 0.0466. The zero-order valence-electron chi connectivity index (χ0n) is 14.4. The van der Waals surface area contributed by atoms with Crippen LogP contribution in [-0.2, 0) is 22.7 Å². The third kappa shape index (κ3) is 3.69. The first-order valence-electron chi connectivity index (χ1n) is 7.99. The fraction of sp³-hybridized carbons (Fsp3) is 0.200. The lowest BCUT2D eigenvalue weighted by Crippen LogP contribution is -2.13. The minimum Gasteiger partial charge on any atom is -0.457 e. The molecule has 2 aromatic carbocycles. The maximum absolute atomic E-state index is 13.1. The van der Waals surface area contributed by atoms with Crippen LogP contribution in [0.25, 0.3) is 10.9 Å². The summed E-state index contributed by atoms with van der Waals surface area (Å²) in [7, 11) is 1.54. The second kappa shape index (κ2) is 7.81. The number of pyridine rings is 1. The molecule has 3 aromatic rings. The van der Waals surface area contributed by atoms with Crippen LogP contribution in [0, 0.1) is 12.7 Å². The van der Waals surface area contributed by atoms with Crippen LogP contribution >= 0.6 is 11.6 Å². The number of nitrogens with zero attached hydrogens (tertiary/aromatic N) is 1. The van der Waals surface area contributed by atoms with Crippen molar-refractivity contribution in [3.63, 3.8) is 0 Å². The Labute approximate surface area is 155 Å². The number of aromatic nitrogens is 1. The lowest BCUT2D eigenvalue weighted by atomic mass is 10.0. The highest BCUT2D eigenvalue weighted by atomic mass is 35.5. The molecule has 0 aliphatic carbocycles. The average Bonchev–Trinajstić information content (AvgIpc) is 2.61. The molecule has 26 heavy (non-hydrogen) atoms. The number of hydrogen-bond donors (Lipinski definition) is 0. The molecular formula is C20H17ClFNO3. The molecule has 0 unspecified atom stereocenters. The molecule has 0 spiro atoms. The molecule has 0 radical (unpaired) electrons. The van der Waals surface area contributed by atoms with E-state index in [9.17, 15) is 9.18 Å². The van der Waals surface area contributed by atoms with Crippen molar-refractivity contribution in [3.05, 3.63) is 75.7 Å². The summed E-state index contributed by atoms with van der Waals surface area (Å²) in [6.07, 6.45) is 0. The van der Waals surface area contributed by atoms with E-state index in [2.05, 4.69) is 4.98 Å². The number of halogens is 2. The Morgan fingerprint density at radius 1 is 1.19 bits per heavy atom. The van der Waals surface area contributed by atoms with E-state index in [1.165, 1.54) is 18.2 Å². The highest BCUT2D eigenvalue weighted by molar-refractivity contribution is 6.31. The van der Waals surface area contributed by atoms with Gasteiger partial charge in [-0.3, -0.25) is 0 Å². The molecule has 0 fully saturated rings. The van der Waals surface area contributed by atoms with Gasteiger partial charge in [0, 0.05) is 18.1 Å². The van der Waals surface area contributed by atoms with Crippen molar-refractivity contribution < 1.29 is 18.7 Å². The van der Waals surface area contributed by atoms with Crippen molar-refractivity contribution in [2.45, 2.75) is 20.1 Å². The van der Waals surface area contributed by atoms with Gasteiger partial charge < -0.3 is 9.47 Å². The Hall–Kier alpha value is -2.50. The molecule has 0 bridgehead atoms. The molecule has 0 aliphatic rings. The number of esters is 1. The number of fused-ring (bicyclic) bond motifs is 1. The average molecular weight is 374 g/mol. The molecule has 0 N–H and O–H groups in total. The summed E-state index contributed by atoms with van der Waals surface area (Å²) in [6, 6.07) is 11.5. The number of carbonyl (C=O) groups excluding carboxylic acids is 1. The van der Waals surface area contributed by atoms with Crippen LogP contribution in [0.15, 0.2) is 42.5 Å². The third-order valence-electron chi connectivity index (χ3n) is 4.09. The second-order valence-electron chi connectivity index (χ2n) is 5.82. The molecule has 0 saturated carbocycles. The second-order valence-corrected chi connectivity index (χ2v) is 6.23. The number of aryl methyl sites for hydroxylation is 1. The molecule has 1 heterocycles. The normalized spacial score (nSPS) is 10.9. The van der Waals surface area contributed by atoms with Crippen molar-refractivity contribution >= 4 is 28.5 Å². The van der Waals surface area contributed by atoms with E-state index in [0.29, 0.717) is 16.8 Å². The molecule has 134 valence electrons. The maximum Gasteiger partial charge on any atom is 0.340 e. The first-order chi connectivity index (χ1) is 12.5. The lowest BCUT2D eigenvalue weighted by Gasteiger charge is -2.14. The fourth-order valence-electron chi connectivity index (χ4n) is 2.81. The molecule has 3 rings (SSSR count). The Balaban J connectivity index is 1.93. The molecule has 0 saturated heterocycles. The van der Waals surface area contributed by atoms with Crippen molar-refractivity contribution in [3.8, 4) is 0 Å². The molecule has 0 amide bonds. The molecule has 6 heteroatoms. The SMILES string of the molecule is COCc1nc2ccccc2c(C)c1C(=O)OCc1ccc(F)cc1Cl. The number of hydrogen-bond acceptors (Lipinski definition) is 4. The van der Waals surface area contributed by atoms with Crippen molar-refractivity contribution in [1.29, 1.82) is 0 Å². The van der Waals surface area contributed by atoms with Gasteiger partial charge in [-0.2, -0.15) is 0 Å². The smallest absolute Gasteiger partial charge is 0.340 e. The molecule has 4 nitrogen and oxygen atoms in total. The van der Waals surface area contributed by atoms with Crippen LogP contribution in [0.5, 0.6) is 0 Å². The number of rotatable bonds is 5. The highest BCUT2D eigenvalue weighted by Crippen LogP contribution is 2.25. The van der Waals surface area contributed by atoms with Gasteiger partial charge in [0.05, 0.1) is 28.4 Å². The van der Waals surface area contributed by atoms with Gasteiger partial charge in [0.25, 0.3) is 0 Å². The van der Waals surface area contributed by atoms with E-state index in [1.54, 1.807) is 7.11 Å². The quantitative estimate of drug-likeness (QED) is 0.600. The topological polar surface area (TPSA) is 48.4 Å². The van der Waals surface area contributed by atoms with Crippen LogP contribution in [0.2, 0.25) is 5.02 Å². The van der Waals surface area contributed by atoms with Gasteiger partial charge in [-0.05, 0) is 30.7 Å². The Bertz CT molecular complexity index is 975. The number of carbonyl (C=O) groups is 1. The van der Waals surface area contributed by atoms with Crippen LogP contribution in [0.1, 0.15) is 27.2 Å². The van der Waals surface area contributed by atoms with Crippen LogP contribution in [0.3, 0.4) is 0 Å². The number of methoxy groups -OCH3 is 1. The fourth-order valence-corrected chi connectivity index (χ4v) is 3.03. The van der Waals surface area contributed by atoms with E-state index < -0.39 is 11.8 Å². The van der Waals surface area contributed by atoms with Gasteiger partial charge in [0.15, 0.2) is 0 Å². The first kappa shape index (κ1) is 18.3. The van der Waals surface area contributed by atoms with Crippen LogP contribution in [-0.4, -0.2) is 18.1 Å². The molecular weight excluding hydrogens is 357 g/mol. The minimum atomic E-state index is -0.520. The minimum absolute atomic E-state index is 0.0589. The highest BCUT2D eigenvalue weighted by Gasteiger charge is 2.20. The Kier molecular flexibility index (Phi) is 5.49. The first-order valence-corrected chi connectivity index (χ1v) is 8.37. The molecule has 0 atom stereocenters. The summed E-state index contributed by atoms with van der Waals surface area (Å²) in [4.78, 5) is 17.3. The Morgan fingerprint density at radius 2 is 1.96 bits per heavy atom. The van der Waals surface area contributed by atoms with Gasteiger partial charge in [-0.15, -0.1) is 0 Å². The van der Waals surface area contributed by atoms with E-state index in [-0.39, 0.29) is 18.2 Å². The van der Waals surface area contributed by atoms with Crippen molar-refractivity contribution in [2.24, 2.45) is 0 Å². The predicted molar refractivity (Wildman–Crippen MR) is 97.7 cm³/mol. The van der Waals surface area contributed by atoms with Crippen molar-refractivity contribution in [2.75, 3.05) is 7.11 Å². The number of ether oxygens (including phenoxy) is 2. The van der Waals surface area contributed by atoms with Crippen LogP contribution in [0.4, 0.5) is 4.39 Å². The van der Waals surface area contributed by atoms with Gasteiger partial charge in [-0.1, -0.05) is 35.9 Å². The number of para-hydroxylation sites is 1. The van der Waals surface area contributed by atoms with Gasteiger partial charge in [0.2, 0.25) is 0 Å². The van der Waals surface area contributed by atoms with Crippen molar-refractivity contribution in [1.82, 2.24) is 4.98 Å². The predicted octanol–water partition coefficient (Wildman–Crippen LogP) is 4.84. The molecule has 1 aromatic heterocycles. The van der Waals surface area contributed by atoms with Crippen LogP contribution < -0.4 is 0 Å². The summed E-state index contributed by atoms with van der Waals surface area (Å²) in [5.74, 6) is -0.963. The van der Waals surface area contributed by atoms with E-state index in [0.717, 1.165) is 16.5 Å². The summed E-state index contributed by atoms with van der Waals surface area (Å²) < 4.78 is 23.7. The summed E-state index contributed by atoms with van der Waals surface area (Å²) in [5, 5.41) is 1.09. The zero-order chi connectivity index (χ0) is 18.7. The summed E-state index contributed by atoms with van der Waals surface area (Å²) in [5.41, 5.74) is 2.98. The van der Waals surface area contributed by atoms with E-state index in [4.69, 9.17) is 21.1 Å². The number of benzene rings is 2. The maximum atomic E-state index is 13.1. The van der Waals surface area contributed by atoms with Gasteiger partial charge in [0.1, 0.15) is 12.4 Å². The standard InChI is InChI=1S/C20H17ClFNO3/c1-12-15-5-3-4-6-17(15)23-18(11-25-2)19(12)20(24)26-10-13-7-8-14(22)9-16(13)21/h3-9H,10-11H2,1-2H3. The summed E-state index contributed by atoms with van der Waals surface area (Å²) in [6.45, 7) is 1.98. The zero-order valence-corrected chi connectivity index (χ0v) is 15.1. The third-order valence-corrected chi connectivity index (χ3v) is 4.44. The van der Waals surface area contributed by atoms with E-state index >= 15 is 0 Å². The Morgan fingerprint density at radius 3 is 2.69 bits per heavy atom. The monoisotopic (exact) mass is 373 g/mol. The molecule has 0 aliphatic heterocycles. The van der Waals surface area contributed by atoms with Gasteiger partial charge >= 0.3 is 5.97 Å². The largest absolute Gasteiger partial charge is 0.457 e. The summed E-state index contributed by atoms with van der Waals surface area (Å²) >= 11 is 5.99.